The lowest BCUT2D eigenvalue weighted by Crippen LogP contribution is -2.65. The fraction of sp³-hybridized carbons (Fsp3) is 0.333. The molecule has 1 aliphatic rings. The quantitative estimate of drug-likeness (QED) is 0.643. The van der Waals surface area contributed by atoms with Crippen molar-refractivity contribution in [2.75, 3.05) is 0 Å². The first-order valence-corrected chi connectivity index (χ1v) is 6.90. The number of hydrogen-bond acceptors (Lipinski definition) is 3. The Labute approximate surface area is 121 Å². The van der Waals surface area contributed by atoms with Crippen LogP contribution >= 0.6 is 0 Å². The largest absolute Gasteiger partial charge is 0.391 e. The van der Waals surface area contributed by atoms with Crippen LogP contribution in [0.25, 0.3) is 10.9 Å². The molecule has 4 N–H and O–H groups in total. The first kappa shape index (κ1) is 13.6. The zero-order valence-electron chi connectivity index (χ0n) is 11.6. The molecule has 6 heteroatoms. The number of carbonyl (C=O) groups is 2. The summed E-state index contributed by atoms with van der Waals surface area (Å²) in [6.45, 7) is 1.48. The molecule has 2 amide bonds. The molecule has 1 saturated heterocycles. The first-order valence-electron chi connectivity index (χ1n) is 6.90. The summed E-state index contributed by atoms with van der Waals surface area (Å²) in [6.07, 6.45) is 1.35. The van der Waals surface area contributed by atoms with Gasteiger partial charge in [0.15, 0.2) is 0 Å². The Balaban J connectivity index is 1.79. The van der Waals surface area contributed by atoms with E-state index in [2.05, 4.69) is 15.6 Å². The Morgan fingerprint density at radius 1 is 1.19 bits per heavy atom. The molecule has 1 fully saturated rings. The van der Waals surface area contributed by atoms with Gasteiger partial charge in [0.2, 0.25) is 11.8 Å². The number of amides is 2. The highest BCUT2D eigenvalue weighted by Gasteiger charge is 2.36. The van der Waals surface area contributed by atoms with E-state index >= 15 is 0 Å². The molecule has 0 saturated carbocycles. The second-order valence-corrected chi connectivity index (χ2v) is 5.35. The number of fused-ring (bicyclic) bond motifs is 1. The van der Waals surface area contributed by atoms with Crippen LogP contribution in [0, 0.1) is 0 Å². The maximum atomic E-state index is 12.1. The summed E-state index contributed by atoms with van der Waals surface area (Å²) in [7, 11) is 0. The van der Waals surface area contributed by atoms with Crippen LogP contribution < -0.4 is 10.6 Å². The van der Waals surface area contributed by atoms with Crippen LogP contribution in [0.15, 0.2) is 30.5 Å². The van der Waals surface area contributed by atoms with Gasteiger partial charge in [-0.05, 0) is 18.6 Å². The van der Waals surface area contributed by atoms with E-state index in [4.69, 9.17) is 0 Å². The Kier molecular flexibility index (Phi) is 3.39. The number of carbonyl (C=O) groups excluding carboxylic acids is 2. The number of para-hydroxylation sites is 1. The second kappa shape index (κ2) is 5.21. The zero-order chi connectivity index (χ0) is 15.0. The molecule has 1 aromatic heterocycles. The molecule has 3 rings (SSSR count). The molecule has 21 heavy (non-hydrogen) atoms. The lowest BCUT2D eigenvalue weighted by atomic mass is 10.00. The lowest BCUT2D eigenvalue weighted by molar-refractivity contribution is -0.139. The van der Waals surface area contributed by atoms with Crippen molar-refractivity contribution >= 4 is 22.7 Å². The molecule has 0 radical (unpaired) electrons. The van der Waals surface area contributed by atoms with Crippen molar-refractivity contribution in [2.45, 2.75) is 31.5 Å². The SMILES string of the molecule is CC(O)[C@H]1NC(=O)[C@@H](Cc2c[nH]c3ccccc23)NC1=O. The van der Waals surface area contributed by atoms with Crippen LogP contribution in [0.1, 0.15) is 12.5 Å². The number of H-pyrrole nitrogens is 1. The van der Waals surface area contributed by atoms with E-state index in [0.717, 1.165) is 16.5 Å². The van der Waals surface area contributed by atoms with Crippen LogP contribution in [0.5, 0.6) is 0 Å². The summed E-state index contributed by atoms with van der Waals surface area (Å²) in [5.74, 6) is -0.625. The second-order valence-electron chi connectivity index (χ2n) is 5.35. The molecule has 2 heterocycles. The zero-order valence-corrected chi connectivity index (χ0v) is 11.6. The number of aromatic nitrogens is 1. The Bertz CT molecular complexity index is 692. The minimum atomic E-state index is -0.914. The van der Waals surface area contributed by atoms with Gasteiger partial charge >= 0.3 is 0 Å². The predicted molar refractivity (Wildman–Crippen MR) is 77.5 cm³/mol. The highest BCUT2D eigenvalue weighted by Crippen LogP contribution is 2.19. The standard InChI is InChI=1S/C15H17N3O3/c1-8(19)13-15(21)17-12(14(20)18-13)6-9-7-16-11-5-3-2-4-10(9)11/h2-5,7-8,12-13,16,19H,6H2,1H3,(H,17,21)(H,18,20)/t8?,12-,13-/m1/s1. The van der Waals surface area contributed by atoms with E-state index in [-0.39, 0.29) is 11.8 Å². The van der Waals surface area contributed by atoms with Crippen molar-refractivity contribution in [1.29, 1.82) is 0 Å². The van der Waals surface area contributed by atoms with E-state index in [1.165, 1.54) is 6.92 Å². The molecule has 0 aliphatic carbocycles. The van der Waals surface area contributed by atoms with Gasteiger partial charge in [0.25, 0.3) is 0 Å². The molecule has 1 unspecified atom stereocenters. The number of piperazine rings is 1. The van der Waals surface area contributed by atoms with Gasteiger partial charge < -0.3 is 20.7 Å². The average molecular weight is 287 g/mol. The Hall–Kier alpha value is -2.34. The average Bonchev–Trinajstić information content (AvgIpc) is 2.85. The van der Waals surface area contributed by atoms with Gasteiger partial charge in [-0.3, -0.25) is 9.59 Å². The van der Waals surface area contributed by atoms with Gasteiger partial charge in [0, 0.05) is 23.5 Å². The minimum Gasteiger partial charge on any atom is -0.391 e. The third-order valence-electron chi connectivity index (χ3n) is 3.79. The summed E-state index contributed by atoms with van der Waals surface area (Å²) in [6, 6.07) is 6.31. The molecule has 1 aromatic carbocycles. The molecular formula is C15H17N3O3. The highest BCUT2D eigenvalue weighted by molar-refractivity contribution is 5.97. The summed E-state index contributed by atoms with van der Waals surface area (Å²) >= 11 is 0. The first-order chi connectivity index (χ1) is 10.1. The molecule has 0 bridgehead atoms. The van der Waals surface area contributed by atoms with E-state index in [0.29, 0.717) is 6.42 Å². The van der Waals surface area contributed by atoms with E-state index in [1.54, 1.807) is 0 Å². The van der Waals surface area contributed by atoms with Crippen LogP contribution in [0.4, 0.5) is 0 Å². The topological polar surface area (TPSA) is 94.2 Å². The van der Waals surface area contributed by atoms with E-state index in [1.807, 2.05) is 30.5 Å². The number of aromatic amines is 1. The van der Waals surface area contributed by atoms with Crippen LogP contribution in [-0.2, 0) is 16.0 Å². The Morgan fingerprint density at radius 3 is 2.71 bits per heavy atom. The summed E-state index contributed by atoms with van der Waals surface area (Å²) in [5.41, 5.74) is 1.97. The Morgan fingerprint density at radius 2 is 1.95 bits per heavy atom. The van der Waals surface area contributed by atoms with Gasteiger partial charge in [0.05, 0.1) is 6.10 Å². The van der Waals surface area contributed by atoms with Crippen molar-refractivity contribution in [3.63, 3.8) is 0 Å². The van der Waals surface area contributed by atoms with Crippen molar-refractivity contribution in [3.05, 3.63) is 36.0 Å². The monoisotopic (exact) mass is 287 g/mol. The van der Waals surface area contributed by atoms with Gasteiger partial charge in [-0.1, -0.05) is 18.2 Å². The van der Waals surface area contributed by atoms with Crippen molar-refractivity contribution in [3.8, 4) is 0 Å². The van der Waals surface area contributed by atoms with Crippen molar-refractivity contribution in [2.24, 2.45) is 0 Å². The van der Waals surface area contributed by atoms with Crippen molar-refractivity contribution < 1.29 is 14.7 Å². The predicted octanol–water partition coefficient (Wildman–Crippen LogP) is 0.0744. The van der Waals surface area contributed by atoms with Gasteiger partial charge in [-0.25, -0.2) is 0 Å². The third kappa shape index (κ3) is 2.50. The number of aliphatic hydroxyl groups excluding tert-OH is 1. The minimum absolute atomic E-state index is 0.272. The highest BCUT2D eigenvalue weighted by atomic mass is 16.3. The fourth-order valence-electron chi connectivity index (χ4n) is 2.65. The number of benzene rings is 1. The summed E-state index contributed by atoms with van der Waals surface area (Å²) in [4.78, 5) is 27.1. The van der Waals surface area contributed by atoms with Gasteiger partial charge in [0.1, 0.15) is 12.1 Å². The third-order valence-corrected chi connectivity index (χ3v) is 3.79. The van der Waals surface area contributed by atoms with Gasteiger partial charge in [-0.15, -0.1) is 0 Å². The molecule has 6 nitrogen and oxygen atoms in total. The molecule has 3 atom stereocenters. The molecule has 1 aliphatic heterocycles. The van der Waals surface area contributed by atoms with E-state index < -0.39 is 18.2 Å². The van der Waals surface area contributed by atoms with Crippen LogP contribution in [0.3, 0.4) is 0 Å². The number of hydrogen-bond donors (Lipinski definition) is 4. The number of aliphatic hydroxyl groups is 1. The number of nitrogens with one attached hydrogen (secondary N) is 3. The molecule has 0 spiro atoms. The smallest absolute Gasteiger partial charge is 0.245 e. The summed E-state index contributed by atoms with van der Waals surface area (Å²) < 4.78 is 0. The van der Waals surface area contributed by atoms with Crippen molar-refractivity contribution in [1.82, 2.24) is 15.6 Å². The molecule has 110 valence electrons. The maximum absolute atomic E-state index is 12.1. The van der Waals surface area contributed by atoms with Crippen LogP contribution in [-0.4, -0.2) is 40.1 Å². The van der Waals surface area contributed by atoms with E-state index in [9.17, 15) is 14.7 Å². The van der Waals surface area contributed by atoms with Gasteiger partial charge in [-0.2, -0.15) is 0 Å². The number of rotatable bonds is 3. The fourth-order valence-corrected chi connectivity index (χ4v) is 2.65. The summed E-state index contributed by atoms with van der Waals surface area (Å²) in [5, 5.41) is 15.7. The molecular weight excluding hydrogens is 270 g/mol. The lowest BCUT2D eigenvalue weighted by Gasteiger charge is -2.30. The van der Waals surface area contributed by atoms with Crippen LogP contribution in [0.2, 0.25) is 0 Å². The maximum Gasteiger partial charge on any atom is 0.245 e. The normalized spacial score (nSPS) is 23.7. The molecule has 2 aromatic rings.